The van der Waals surface area contributed by atoms with Crippen molar-refractivity contribution in [3.05, 3.63) is 0 Å². The molecule has 1 rings (SSSR count). The molecule has 0 bridgehead atoms. The molecule has 1 aliphatic heterocycles. The third-order valence-electron chi connectivity index (χ3n) is 2.05. The zero-order valence-electron chi connectivity index (χ0n) is 7.93. The van der Waals surface area contributed by atoms with Gasteiger partial charge < -0.3 is 22.6 Å². The van der Waals surface area contributed by atoms with E-state index in [1.807, 2.05) is 6.92 Å². The number of hydrogen-bond acceptors (Lipinski definition) is 5. The second-order valence-corrected chi connectivity index (χ2v) is 4.10. The average molecular weight is 234 g/mol. The van der Waals surface area contributed by atoms with Crippen molar-refractivity contribution in [2.24, 2.45) is 0 Å². The van der Waals surface area contributed by atoms with Gasteiger partial charge in [-0.1, -0.05) is 12.2 Å². The number of hydrogen-bond donors (Lipinski definition) is 2. The van der Waals surface area contributed by atoms with Crippen LogP contribution in [0.2, 0.25) is 0 Å². The van der Waals surface area contributed by atoms with Gasteiger partial charge in [0.2, 0.25) is 0 Å². The monoisotopic (exact) mass is 234 g/mol. The summed E-state index contributed by atoms with van der Waals surface area (Å²) in [4.78, 5) is 13.0. The van der Waals surface area contributed by atoms with E-state index in [-0.39, 0.29) is 18.2 Å². The first-order valence-corrected chi connectivity index (χ1v) is 5.00. The van der Waals surface area contributed by atoms with E-state index in [1.54, 1.807) is 16.8 Å². The fourth-order valence-electron chi connectivity index (χ4n) is 1.41. The van der Waals surface area contributed by atoms with E-state index in [0.29, 0.717) is 4.99 Å². The topological polar surface area (TPSA) is 55.8 Å². The number of nitrogens with zero attached hydrogens (tertiary/aromatic N) is 2. The molecule has 0 aromatic rings. The number of carboxylic acid groups (broad SMARTS) is 1. The fourth-order valence-corrected chi connectivity index (χ4v) is 2.20. The lowest BCUT2D eigenvalue weighted by atomic mass is 10.4. The summed E-state index contributed by atoms with van der Waals surface area (Å²) in [7, 11) is 0. The molecule has 0 radical (unpaired) electrons. The fraction of sp³-hybridized carbons (Fsp3) is 0.714. The SMILES string of the molecule is CC(=S)N1C([S-])NN(CC(=O)O)C1C. The Kier molecular flexibility index (Phi) is 3.71. The molecule has 1 aliphatic rings. The van der Waals surface area contributed by atoms with Crippen molar-refractivity contribution in [2.75, 3.05) is 6.54 Å². The first-order valence-electron chi connectivity index (χ1n) is 4.13. The molecule has 2 atom stereocenters. The third kappa shape index (κ3) is 2.35. The van der Waals surface area contributed by atoms with Crippen molar-refractivity contribution in [1.29, 1.82) is 0 Å². The summed E-state index contributed by atoms with van der Waals surface area (Å²) >= 11 is 10.1. The second-order valence-electron chi connectivity index (χ2n) is 3.06. The molecule has 2 unspecified atom stereocenters. The predicted molar refractivity (Wildman–Crippen MR) is 58.2 cm³/mol. The highest BCUT2D eigenvalue weighted by Crippen LogP contribution is 2.15. The van der Waals surface area contributed by atoms with E-state index in [0.717, 1.165) is 0 Å². The molecule has 80 valence electrons. The number of carbonyl (C=O) groups is 1. The molecule has 0 aliphatic carbocycles. The number of thiocarbonyl (C=S) groups is 1. The third-order valence-corrected chi connectivity index (χ3v) is 2.60. The Balaban J connectivity index is 2.68. The van der Waals surface area contributed by atoms with Gasteiger partial charge in [0, 0.05) is 0 Å². The Labute approximate surface area is 93.4 Å². The van der Waals surface area contributed by atoms with Gasteiger partial charge in [0.25, 0.3) is 0 Å². The zero-order chi connectivity index (χ0) is 10.9. The minimum atomic E-state index is -0.893. The van der Waals surface area contributed by atoms with Crippen LogP contribution in [0.1, 0.15) is 13.8 Å². The Morgan fingerprint density at radius 1 is 1.71 bits per heavy atom. The molecule has 0 saturated carbocycles. The summed E-state index contributed by atoms with van der Waals surface area (Å²) in [6.45, 7) is 3.54. The van der Waals surface area contributed by atoms with Gasteiger partial charge in [-0.05, 0) is 19.3 Å². The molecule has 2 N–H and O–H groups in total. The zero-order valence-corrected chi connectivity index (χ0v) is 9.56. The minimum absolute atomic E-state index is 0.0899. The van der Waals surface area contributed by atoms with Gasteiger partial charge in [-0.3, -0.25) is 10.2 Å². The summed E-state index contributed by atoms with van der Waals surface area (Å²) in [6.07, 6.45) is -0.119. The summed E-state index contributed by atoms with van der Waals surface area (Å²) in [5.41, 5.74) is 2.51. The summed E-state index contributed by atoms with van der Waals surface area (Å²) in [5, 5.41) is 10.2. The molecule has 0 aromatic heterocycles. The normalized spacial score (nSPS) is 28.1. The molecule has 0 aromatic carbocycles. The van der Waals surface area contributed by atoms with Crippen LogP contribution in [0.4, 0.5) is 0 Å². The molecule has 0 amide bonds. The van der Waals surface area contributed by atoms with Crippen LogP contribution in [-0.4, -0.2) is 44.2 Å². The largest absolute Gasteiger partial charge is 0.751 e. The van der Waals surface area contributed by atoms with Crippen molar-refractivity contribution < 1.29 is 9.90 Å². The van der Waals surface area contributed by atoms with Crippen LogP contribution in [0.15, 0.2) is 0 Å². The van der Waals surface area contributed by atoms with Gasteiger partial charge in [-0.15, -0.1) is 0 Å². The van der Waals surface area contributed by atoms with E-state index in [1.165, 1.54) is 0 Å². The Morgan fingerprint density at radius 2 is 2.29 bits per heavy atom. The van der Waals surface area contributed by atoms with Crippen LogP contribution >= 0.6 is 12.2 Å². The smallest absolute Gasteiger partial charge is 0.319 e. The van der Waals surface area contributed by atoms with Crippen LogP contribution in [-0.2, 0) is 17.4 Å². The highest BCUT2D eigenvalue weighted by molar-refractivity contribution is 7.80. The molecule has 5 nitrogen and oxygen atoms in total. The van der Waals surface area contributed by atoms with E-state index in [9.17, 15) is 4.79 Å². The van der Waals surface area contributed by atoms with Crippen molar-refractivity contribution in [3.8, 4) is 0 Å². The van der Waals surface area contributed by atoms with Crippen molar-refractivity contribution >= 4 is 35.8 Å². The van der Waals surface area contributed by atoms with E-state index in [2.05, 4.69) is 5.43 Å². The predicted octanol–water partition coefficient (Wildman–Crippen LogP) is -0.283. The Hall–Kier alpha value is -0.370. The standard InChI is InChI=1S/C7H13N3O2S2/c1-4-9(3-6(11)12)8-7(14)10(4)5(2)13/h4,7-8,14H,3H2,1-2H3,(H,11,12)/p-1. The van der Waals surface area contributed by atoms with Crippen LogP contribution in [0.5, 0.6) is 0 Å². The first-order chi connectivity index (χ1) is 6.43. The molecular formula is C7H12N3O2S2-. The number of hydrazine groups is 1. The first kappa shape index (κ1) is 11.7. The maximum absolute atomic E-state index is 10.5. The number of aliphatic carboxylic acids is 1. The summed E-state index contributed by atoms with van der Waals surface area (Å²) < 4.78 is 0. The Bertz CT molecular complexity index is 261. The van der Waals surface area contributed by atoms with Gasteiger partial charge >= 0.3 is 5.97 Å². The van der Waals surface area contributed by atoms with E-state index < -0.39 is 5.97 Å². The number of carboxylic acids is 1. The van der Waals surface area contributed by atoms with Gasteiger partial charge in [-0.25, -0.2) is 5.01 Å². The quantitative estimate of drug-likeness (QED) is 0.503. The summed E-state index contributed by atoms with van der Waals surface area (Å²) in [5.74, 6) is -0.893. The number of nitrogens with one attached hydrogen (secondary N) is 1. The van der Waals surface area contributed by atoms with Gasteiger partial charge in [-0.2, -0.15) is 0 Å². The highest BCUT2D eigenvalue weighted by Gasteiger charge is 2.31. The average Bonchev–Trinajstić information content (AvgIpc) is 2.25. The summed E-state index contributed by atoms with van der Waals surface area (Å²) in [6, 6.07) is 0. The maximum atomic E-state index is 10.5. The van der Waals surface area contributed by atoms with Crippen LogP contribution < -0.4 is 5.43 Å². The molecule has 1 saturated heterocycles. The van der Waals surface area contributed by atoms with Crippen LogP contribution in [0.3, 0.4) is 0 Å². The molecule has 14 heavy (non-hydrogen) atoms. The van der Waals surface area contributed by atoms with Crippen molar-refractivity contribution in [3.63, 3.8) is 0 Å². The molecule has 0 spiro atoms. The van der Waals surface area contributed by atoms with Crippen molar-refractivity contribution in [1.82, 2.24) is 15.3 Å². The molecule has 7 heteroatoms. The van der Waals surface area contributed by atoms with E-state index in [4.69, 9.17) is 30.0 Å². The maximum Gasteiger partial charge on any atom is 0.319 e. The second kappa shape index (κ2) is 4.43. The molecule has 1 fully saturated rings. The van der Waals surface area contributed by atoms with Gasteiger partial charge in [0.1, 0.15) is 6.54 Å². The number of rotatable bonds is 2. The van der Waals surface area contributed by atoms with Crippen LogP contribution in [0, 0.1) is 0 Å². The molecule has 1 heterocycles. The van der Waals surface area contributed by atoms with Gasteiger partial charge in [0.15, 0.2) is 0 Å². The lowest BCUT2D eigenvalue weighted by Gasteiger charge is -2.32. The molecular weight excluding hydrogens is 222 g/mol. The van der Waals surface area contributed by atoms with Crippen molar-refractivity contribution in [2.45, 2.75) is 25.5 Å². The lowest BCUT2D eigenvalue weighted by Crippen LogP contribution is -2.42. The van der Waals surface area contributed by atoms with E-state index >= 15 is 0 Å². The minimum Gasteiger partial charge on any atom is -0.751 e. The van der Waals surface area contributed by atoms with Crippen LogP contribution in [0.25, 0.3) is 0 Å². The lowest BCUT2D eigenvalue weighted by molar-refractivity contribution is -0.139. The Morgan fingerprint density at radius 3 is 2.64 bits per heavy atom. The van der Waals surface area contributed by atoms with Gasteiger partial charge in [0.05, 0.1) is 11.2 Å². The highest BCUT2D eigenvalue weighted by atomic mass is 32.1.